The largest absolute Gasteiger partial charge is 0.331 e. The Hall–Kier alpha value is -3.17. The standard InChI is InChI=1S/C22H22ClN5O3S/c1-13-5-7-17(8-6-13)28(32(30)31)22(29)20-12-27(15(3)25-20)11-16-9-19-21(10-18(16)23)26(4)14(2)24-19/h5-10,12,32H,11H2,1-4H3. The minimum atomic E-state index is -3.18. The fraction of sp³-hybridized carbons (Fsp3) is 0.227. The van der Waals surface area contributed by atoms with Crippen LogP contribution in [0.2, 0.25) is 5.02 Å². The number of hydrogen-bond donors (Lipinski definition) is 1. The molecule has 0 aliphatic heterocycles. The number of thiol groups is 1. The molecule has 4 aromatic rings. The number of hydrogen-bond acceptors (Lipinski definition) is 5. The van der Waals surface area contributed by atoms with E-state index in [1.54, 1.807) is 42.0 Å². The number of fused-ring (bicyclic) bond motifs is 1. The fourth-order valence-electron chi connectivity index (χ4n) is 3.53. The van der Waals surface area contributed by atoms with E-state index in [2.05, 4.69) is 9.97 Å². The molecule has 0 fully saturated rings. The van der Waals surface area contributed by atoms with Crippen LogP contribution < -0.4 is 4.31 Å². The van der Waals surface area contributed by atoms with Crippen LogP contribution in [0.1, 0.15) is 33.3 Å². The van der Waals surface area contributed by atoms with Crippen LogP contribution >= 0.6 is 11.6 Å². The van der Waals surface area contributed by atoms with Crippen molar-refractivity contribution >= 4 is 45.1 Å². The van der Waals surface area contributed by atoms with Gasteiger partial charge in [0.05, 0.1) is 23.3 Å². The molecule has 8 nitrogen and oxygen atoms in total. The maximum atomic E-state index is 13.0. The van der Waals surface area contributed by atoms with Crippen LogP contribution in [-0.2, 0) is 24.5 Å². The zero-order valence-electron chi connectivity index (χ0n) is 18.0. The molecule has 10 heteroatoms. The van der Waals surface area contributed by atoms with Crippen molar-refractivity contribution in [3.05, 3.63) is 76.1 Å². The SMILES string of the molecule is Cc1ccc(N(C(=O)c2cn(Cc3cc4nc(C)n(C)c4cc3Cl)c(C)n2)[SH](=O)=O)cc1. The summed E-state index contributed by atoms with van der Waals surface area (Å²) in [7, 11) is -1.25. The maximum absolute atomic E-state index is 13.0. The molecule has 0 aliphatic carbocycles. The average Bonchev–Trinajstić information content (AvgIpc) is 3.23. The molecular weight excluding hydrogens is 450 g/mol. The van der Waals surface area contributed by atoms with E-state index in [0.29, 0.717) is 17.4 Å². The number of rotatable bonds is 5. The Labute approximate surface area is 192 Å². The smallest absolute Gasteiger partial charge is 0.292 e. The molecule has 0 N–H and O–H groups in total. The Morgan fingerprint density at radius 3 is 2.41 bits per heavy atom. The van der Waals surface area contributed by atoms with Crippen LogP contribution in [0.25, 0.3) is 11.0 Å². The van der Waals surface area contributed by atoms with Crippen molar-refractivity contribution in [2.45, 2.75) is 27.3 Å². The second-order valence-electron chi connectivity index (χ2n) is 7.64. The minimum Gasteiger partial charge on any atom is -0.331 e. The van der Waals surface area contributed by atoms with Crippen molar-refractivity contribution in [2.24, 2.45) is 7.05 Å². The molecular formula is C22H22ClN5O3S. The van der Waals surface area contributed by atoms with Gasteiger partial charge in [0.15, 0.2) is 0 Å². The summed E-state index contributed by atoms with van der Waals surface area (Å²) in [5.74, 6) is 0.725. The second kappa shape index (κ2) is 8.40. The number of imidazole rings is 2. The Balaban J connectivity index is 1.66. The van der Waals surface area contributed by atoms with Gasteiger partial charge in [0.25, 0.3) is 5.91 Å². The summed E-state index contributed by atoms with van der Waals surface area (Å²) in [4.78, 5) is 21.8. The van der Waals surface area contributed by atoms with Crippen LogP contribution in [0.15, 0.2) is 42.6 Å². The van der Waals surface area contributed by atoms with Gasteiger partial charge in [0, 0.05) is 18.3 Å². The summed E-state index contributed by atoms with van der Waals surface area (Å²) in [6.45, 7) is 5.92. The molecule has 1 amide bonds. The number of carbonyl (C=O) groups is 1. The molecule has 0 unspecified atom stereocenters. The molecule has 2 aromatic heterocycles. The van der Waals surface area contributed by atoms with E-state index in [-0.39, 0.29) is 11.4 Å². The third-order valence-electron chi connectivity index (χ3n) is 5.44. The van der Waals surface area contributed by atoms with Gasteiger partial charge in [0.1, 0.15) is 17.3 Å². The van der Waals surface area contributed by atoms with Gasteiger partial charge in [-0.3, -0.25) is 4.79 Å². The third-order valence-corrected chi connectivity index (χ3v) is 6.53. The molecule has 0 saturated heterocycles. The zero-order chi connectivity index (χ0) is 23.2. The minimum absolute atomic E-state index is 0.0353. The molecule has 4 rings (SSSR count). The Morgan fingerprint density at radius 1 is 1.06 bits per heavy atom. The Morgan fingerprint density at radius 2 is 1.75 bits per heavy atom. The van der Waals surface area contributed by atoms with Crippen LogP contribution in [0.4, 0.5) is 5.69 Å². The van der Waals surface area contributed by atoms with Gasteiger partial charge in [-0.15, -0.1) is 0 Å². The van der Waals surface area contributed by atoms with E-state index in [1.165, 1.54) is 0 Å². The predicted molar refractivity (Wildman–Crippen MR) is 125 cm³/mol. The number of aryl methyl sites for hydroxylation is 4. The van der Waals surface area contributed by atoms with Gasteiger partial charge >= 0.3 is 0 Å². The van der Waals surface area contributed by atoms with Gasteiger partial charge in [-0.05, 0) is 50.6 Å². The van der Waals surface area contributed by atoms with Crippen molar-refractivity contribution < 1.29 is 13.2 Å². The lowest BCUT2D eigenvalue weighted by Gasteiger charge is -2.14. The monoisotopic (exact) mass is 471 g/mol. The quantitative estimate of drug-likeness (QED) is 0.449. The normalized spacial score (nSPS) is 11.4. The molecule has 166 valence electrons. The fourth-order valence-corrected chi connectivity index (χ4v) is 4.32. The van der Waals surface area contributed by atoms with Gasteiger partial charge < -0.3 is 9.13 Å². The number of nitrogens with zero attached hydrogens (tertiary/aromatic N) is 5. The van der Waals surface area contributed by atoms with E-state index in [1.807, 2.05) is 37.6 Å². The first-order chi connectivity index (χ1) is 15.2. The van der Waals surface area contributed by atoms with E-state index in [9.17, 15) is 13.2 Å². The van der Waals surface area contributed by atoms with Crippen LogP contribution in [0.3, 0.4) is 0 Å². The van der Waals surface area contributed by atoms with Gasteiger partial charge in [0.2, 0.25) is 10.9 Å². The van der Waals surface area contributed by atoms with Crippen molar-refractivity contribution in [3.8, 4) is 0 Å². The molecule has 0 radical (unpaired) electrons. The lowest BCUT2D eigenvalue weighted by Crippen LogP contribution is -2.29. The summed E-state index contributed by atoms with van der Waals surface area (Å²) >= 11 is 6.51. The number of carbonyl (C=O) groups excluding carboxylic acids is 1. The average molecular weight is 472 g/mol. The molecule has 0 saturated carbocycles. The summed E-state index contributed by atoms with van der Waals surface area (Å²) in [5, 5.41) is 0.574. The van der Waals surface area contributed by atoms with E-state index in [0.717, 1.165) is 32.3 Å². The van der Waals surface area contributed by atoms with E-state index in [4.69, 9.17) is 11.6 Å². The van der Waals surface area contributed by atoms with Crippen molar-refractivity contribution in [3.63, 3.8) is 0 Å². The van der Waals surface area contributed by atoms with Gasteiger partial charge in [-0.25, -0.2) is 22.7 Å². The van der Waals surface area contributed by atoms with Crippen LogP contribution in [0, 0.1) is 20.8 Å². The molecule has 0 aliphatic rings. The first kappa shape index (κ1) is 22.0. The number of amides is 1. The van der Waals surface area contributed by atoms with Gasteiger partial charge in [-0.1, -0.05) is 29.3 Å². The molecule has 32 heavy (non-hydrogen) atoms. The summed E-state index contributed by atoms with van der Waals surface area (Å²) in [6, 6.07) is 10.5. The summed E-state index contributed by atoms with van der Waals surface area (Å²) in [6.07, 6.45) is 1.54. The number of anilines is 1. The molecule has 0 bridgehead atoms. The predicted octanol–water partition coefficient (Wildman–Crippen LogP) is 3.57. The van der Waals surface area contributed by atoms with Gasteiger partial charge in [-0.2, -0.15) is 0 Å². The molecule has 0 spiro atoms. The molecule has 2 aromatic carbocycles. The summed E-state index contributed by atoms with van der Waals surface area (Å²) < 4.78 is 28.2. The first-order valence-corrected chi connectivity index (χ1v) is 11.4. The lowest BCUT2D eigenvalue weighted by molar-refractivity contribution is 0.100. The highest BCUT2D eigenvalue weighted by atomic mass is 35.5. The molecule has 2 heterocycles. The Kier molecular flexibility index (Phi) is 5.79. The van der Waals surface area contributed by atoms with Crippen molar-refractivity contribution in [2.75, 3.05) is 4.31 Å². The van der Waals surface area contributed by atoms with E-state index >= 15 is 0 Å². The van der Waals surface area contributed by atoms with E-state index < -0.39 is 16.8 Å². The number of aromatic nitrogens is 4. The highest BCUT2D eigenvalue weighted by Gasteiger charge is 2.23. The number of halogens is 1. The highest BCUT2D eigenvalue weighted by Crippen LogP contribution is 2.26. The second-order valence-corrected chi connectivity index (χ2v) is 8.92. The summed E-state index contributed by atoms with van der Waals surface area (Å²) in [5.41, 5.74) is 3.84. The molecule has 0 atom stereocenters. The van der Waals surface area contributed by atoms with Crippen molar-refractivity contribution in [1.29, 1.82) is 0 Å². The first-order valence-electron chi connectivity index (χ1n) is 9.86. The van der Waals surface area contributed by atoms with Crippen LogP contribution in [-0.4, -0.2) is 33.4 Å². The topological polar surface area (TPSA) is 90.1 Å². The number of benzene rings is 2. The zero-order valence-corrected chi connectivity index (χ0v) is 19.7. The van der Waals surface area contributed by atoms with Crippen molar-refractivity contribution in [1.82, 2.24) is 19.1 Å². The lowest BCUT2D eigenvalue weighted by atomic mass is 10.2. The van der Waals surface area contributed by atoms with Crippen LogP contribution in [0.5, 0.6) is 0 Å². The highest BCUT2D eigenvalue weighted by molar-refractivity contribution is 7.75. The Bertz CT molecular complexity index is 1410. The third kappa shape index (κ3) is 4.01. The maximum Gasteiger partial charge on any atom is 0.292 e.